The predicted molar refractivity (Wildman–Crippen MR) is 83.0 cm³/mol. The van der Waals surface area contributed by atoms with E-state index in [9.17, 15) is 17.6 Å². The maximum absolute atomic E-state index is 12.8. The lowest BCUT2D eigenvalue weighted by atomic mass is 10.2. The molecule has 0 bridgehead atoms. The SMILES string of the molecule is CCCCC(=O)NCc1nnc(S(=O)(=O)Cc2ccc(F)cc2)o1. The topological polar surface area (TPSA) is 102 Å². The van der Waals surface area contributed by atoms with Gasteiger partial charge in [0, 0.05) is 6.42 Å². The molecule has 0 radical (unpaired) electrons. The van der Waals surface area contributed by atoms with Gasteiger partial charge < -0.3 is 9.73 Å². The Morgan fingerprint density at radius 3 is 2.62 bits per heavy atom. The first kappa shape index (κ1) is 18.1. The van der Waals surface area contributed by atoms with Crippen LogP contribution in [0.15, 0.2) is 33.9 Å². The molecule has 24 heavy (non-hydrogen) atoms. The minimum Gasteiger partial charge on any atom is -0.411 e. The zero-order valence-corrected chi connectivity index (χ0v) is 14.0. The number of benzene rings is 1. The Morgan fingerprint density at radius 1 is 1.25 bits per heavy atom. The van der Waals surface area contributed by atoms with Gasteiger partial charge in [-0.2, -0.15) is 0 Å². The molecule has 0 aliphatic heterocycles. The smallest absolute Gasteiger partial charge is 0.335 e. The van der Waals surface area contributed by atoms with Gasteiger partial charge in [-0.25, -0.2) is 12.8 Å². The second kappa shape index (κ2) is 8.00. The Labute approximate surface area is 139 Å². The van der Waals surface area contributed by atoms with Gasteiger partial charge in [-0.05, 0) is 24.1 Å². The van der Waals surface area contributed by atoms with Crippen LogP contribution in [0.2, 0.25) is 0 Å². The number of sulfone groups is 1. The van der Waals surface area contributed by atoms with E-state index in [4.69, 9.17) is 4.42 Å². The Bertz CT molecular complexity index is 787. The third kappa shape index (κ3) is 5.12. The van der Waals surface area contributed by atoms with Crippen molar-refractivity contribution in [3.8, 4) is 0 Å². The molecule has 0 atom stereocenters. The second-order valence-electron chi connectivity index (χ2n) is 5.23. The van der Waals surface area contributed by atoms with Crippen LogP contribution in [-0.4, -0.2) is 24.5 Å². The lowest BCUT2D eigenvalue weighted by Crippen LogP contribution is -2.22. The molecule has 0 aliphatic rings. The highest BCUT2D eigenvalue weighted by Gasteiger charge is 2.23. The fourth-order valence-corrected chi connectivity index (χ4v) is 3.04. The maximum atomic E-state index is 12.8. The van der Waals surface area contributed by atoms with Gasteiger partial charge >= 0.3 is 5.22 Å². The minimum atomic E-state index is -3.83. The number of halogens is 1. The Hall–Kier alpha value is -2.29. The molecule has 0 saturated carbocycles. The van der Waals surface area contributed by atoms with Crippen LogP contribution in [0.4, 0.5) is 4.39 Å². The first-order valence-corrected chi connectivity index (χ1v) is 9.12. The summed E-state index contributed by atoms with van der Waals surface area (Å²) in [5.41, 5.74) is 0.406. The molecule has 1 heterocycles. The van der Waals surface area contributed by atoms with E-state index in [0.717, 1.165) is 12.8 Å². The standard InChI is InChI=1S/C15H18FN3O4S/c1-2-3-4-13(20)17-9-14-18-19-15(23-14)24(21,22)10-11-5-7-12(16)8-6-11/h5-8H,2-4,9-10H2,1H3,(H,17,20). The number of carbonyl (C=O) groups excluding carboxylic acids is 1. The first-order chi connectivity index (χ1) is 11.4. The van der Waals surface area contributed by atoms with E-state index >= 15 is 0 Å². The molecule has 0 saturated heterocycles. The fourth-order valence-electron chi connectivity index (χ4n) is 1.90. The lowest BCUT2D eigenvalue weighted by Gasteiger charge is -2.01. The van der Waals surface area contributed by atoms with E-state index in [1.165, 1.54) is 24.3 Å². The Balaban J connectivity index is 1.98. The van der Waals surface area contributed by atoms with E-state index in [1.807, 2.05) is 6.92 Å². The van der Waals surface area contributed by atoms with Gasteiger partial charge in [0.05, 0.1) is 12.3 Å². The summed E-state index contributed by atoms with van der Waals surface area (Å²) < 4.78 is 42.4. The Kier molecular flexibility index (Phi) is 6.02. The fraction of sp³-hybridized carbons (Fsp3) is 0.400. The minimum absolute atomic E-state index is 0.0116. The maximum Gasteiger partial charge on any atom is 0.335 e. The van der Waals surface area contributed by atoms with E-state index in [2.05, 4.69) is 15.5 Å². The summed E-state index contributed by atoms with van der Waals surface area (Å²) in [6, 6.07) is 5.10. The van der Waals surface area contributed by atoms with Crippen LogP contribution < -0.4 is 5.32 Å². The summed E-state index contributed by atoms with van der Waals surface area (Å²) >= 11 is 0. The monoisotopic (exact) mass is 355 g/mol. The molecule has 9 heteroatoms. The molecular formula is C15H18FN3O4S. The van der Waals surface area contributed by atoms with Crippen molar-refractivity contribution < 1.29 is 22.0 Å². The number of nitrogens with one attached hydrogen (secondary N) is 1. The Morgan fingerprint density at radius 2 is 1.96 bits per heavy atom. The van der Waals surface area contributed by atoms with Crippen LogP contribution in [0.3, 0.4) is 0 Å². The second-order valence-corrected chi connectivity index (χ2v) is 7.09. The van der Waals surface area contributed by atoms with Gasteiger partial charge in [-0.1, -0.05) is 30.6 Å². The van der Waals surface area contributed by atoms with Crippen LogP contribution in [0.25, 0.3) is 0 Å². The molecule has 1 amide bonds. The summed E-state index contributed by atoms with van der Waals surface area (Å²) in [6.45, 7) is 1.95. The molecule has 0 spiro atoms. The van der Waals surface area contributed by atoms with E-state index in [0.29, 0.717) is 12.0 Å². The van der Waals surface area contributed by atoms with Crippen molar-refractivity contribution in [3.05, 3.63) is 41.5 Å². The van der Waals surface area contributed by atoms with Gasteiger partial charge in [-0.3, -0.25) is 4.79 Å². The molecule has 130 valence electrons. The summed E-state index contributed by atoms with van der Waals surface area (Å²) in [4.78, 5) is 11.5. The molecule has 1 aromatic heterocycles. The largest absolute Gasteiger partial charge is 0.411 e. The molecule has 1 aromatic carbocycles. The van der Waals surface area contributed by atoms with Crippen molar-refractivity contribution in [3.63, 3.8) is 0 Å². The normalized spacial score (nSPS) is 11.4. The van der Waals surface area contributed by atoms with Crippen LogP contribution in [0, 0.1) is 5.82 Å². The number of hydrogen-bond donors (Lipinski definition) is 1. The molecule has 1 N–H and O–H groups in total. The lowest BCUT2D eigenvalue weighted by molar-refractivity contribution is -0.121. The zero-order chi connectivity index (χ0) is 17.6. The predicted octanol–water partition coefficient (Wildman–Crippen LogP) is 1.99. The van der Waals surface area contributed by atoms with Gasteiger partial charge in [0.25, 0.3) is 0 Å². The average Bonchev–Trinajstić information content (AvgIpc) is 3.03. The summed E-state index contributed by atoms with van der Waals surface area (Å²) in [7, 11) is -3.83. The van der Waals surface area contributed by atoms with Crippen LogP contribution >= 0.6 is 0 Å². The quantitative estimate of drug-likeness (QED) is 0.777. The van der Waals surface area contributed by atoms with Crippen molar-refractivity contribution in [2.45, 2.75) is 43.7 Å². The van der Waals surface area contributed by atoms with E-state index < -0.39 is 20.9 Å². The highest BCUT2D eigenvalue weighted by Crippen LogP contribution is 2.15. The van der Waals surface area contributed by atoms with Crippen molar-refractivity contribution in [2.75, 3.05) is 0 Å². The third-order valence-corrected chi connectivity index (χ3v) is 4.59. The molecular weight excluding hydrogens is 337 g/mol. The highest BCUT2D eigenvalue weighted by molar-refractivity contribution is 7.90. The van der Waals surface area contributed by atoms with Crippen molar-refractivity contribution in [2.24, 2.45) is 0 Å². The summed E-state index contributed by atoms with van der Waals surface area (Å²) in [6.07, 6.45) is 2.06. The molecule has 0 aliphatic carbocycles. The number of aromatic nitrogens is 2. The van der Waals surface area contributed by atoms with Crippen LogP contribution in [0.5, 0.6) is 0 Å². The van der Waals surface area contributed by atoms with Gasteiger partial charge in [-0.15, -0.1) is 5.10 Å². The number of unbranched alkanes of at least 4 members (excludes halogenated alkanes) is 1. The number of amides is 1. The van der Waals surface area contributed by atoms with Gasteiger partial charge in [0.2, 0.25) is 21.6 Å². The number of hydrogen-bond acceptors (Lipinski definition) is 6. The summed E-state index contributed by atoms with van der Waals surface area (Å²) in [5, 5.41) is 9.19. The third-order valence-electron chi connectivity index (χ3n) is 3.18. The summed E-state index contributed by atoms with van der Waals surface area (Å²) in [5.74, 6) is -0.976. The molecule has 2 rings (SSSR count). The highest BCUT2D eigenvalue weighted by atomic mass is 32.2. The van der Waals surface area contributed by atoms with Gasteiger partial charge in [0.1, 0.15) is 5.82 Å². The molecule has 2 aromatic rings. The van der Waals surface area contributed by atoms with E-state index in [-0.39, 0.29) is 24.1 Å². The van der Waals surface area contributed by atoms with Gasteiger partial charge in [0.15, 0.2) is 0 Å². The first-order valence-electron chi connectivity index (χ1n) is 7.47. The molecule has 0 fully saturated rings. The van der Waals surface area contributed by atoms with Crippen LogP contribution in [0.1, 0.15) is 37.6 Å². The molecule has 7 nitrogen and oxygen atoms in total. The van der Waals surface area contributed by atoms with Crippen molar-refractivity contribution in [1.29, 1.82) is 0 Å². The zero-order valence-electron chi connectivity index (χ0n) is 13.2. The van der Waals surface area contributed by atoms with Crippen molar-refractivity contribution in [1.82, 2.24) is 15.5 Å². The number of rotatable bonds is 8. The number of nitrogens with zero attached hydrogens (tertiary/aromatic N) is 2. The number of carbonyl (C=O) groups is 1. The van der Waals surface area contributed by atoms with Crippen molar-refractivity contribution >= 4 is 15.7 Å². The average molecular weight is 355 g/mol. The molecule has 0 unspecified atom stereocenters. The van der Waals surface area contributed by atoms with Crippen LogP contribution in [-0.2, 0) is 26.9 Å². The van der Waals surface area contributed by atoms with E-state index in [1.54, 1.807) is 0 Å².